The van der Waals surface area contributed by atoms with Gasteiger partial charge in [0.15, 0.2) is 0 Å². The van der Waals surface area contributed by atoms with Crippen molar-refractivity contribution in [3.8, 4) is 5.88 Å². The third-order valence-electron chi connectivity index (χ3n) is 1.83. The summed E-state index contributed by atoms with van der Waals surface area (Å²) in [5, 5.41) is 13.4. The Morgan fingerprint density at radius 3 is 2.88 bits per heavy atom. The van der Waals surface area contributed by atoms with Crippen LogP contribution in [0.5, 0.6) is 5.88 Å². The molecule has 9 heteroatoms. The lowest BCUT2D eigenvalue weighted by atomic mass is 10.4. The molecule has 0 atom stereocenters. The lowest BCUT2D eigenvalue weighted by molar-refractivity contribution is -0.385. The molecule has 3 N–H and O–H groups in total. The molecular formula is C8H11N5O4. The van der Waals surface area contributed by atoms with E-state index in [-0.39, 0.29) is 30.4 Å². The average molecular weight is 241 g/mol. The second-order valence-electron chi connectivity index (χ2n) is 2.98. The first-order valence-corrected chi connectivity index (χ1v) is 4.61. The number of carbonyl (C=O) groups is 1. The molecule has 17 heavy (non-hydrogen) atoms. The van der Waals surface area contributed by atoms with Gasteiger partial charge < -0.3 is 15.8 Å². The third-order valence-corrected chi connectivity index (χ3v) is 1.83. The van der Waals surface area contributed by atoms with Crippen LogP contribution in [0.1, 0.15) is 6.42 Å². The lowest BCUT2D eigenvalue weighted by Crippen LogP contribution is -2.17. The van der Waals surface area contributed by atoms with Gasteiger partial charge in [0.05, 0.1) is 12.0 Å². The first kappa shape index (κ1) is 12.6. The van der Waals surface area contributed by atoms with E-state index < -0.39 is 10.8 Å². The van der Waals surface area contributed by atoms with Crippen LogP contribution >= 0.6 is 0 Å². The van der Waals surface area contributed by atoms with Gasteiger partial charge in [0.25, 0.3) is 5.88 Å². The minimum atomic E-state index is -0.661. The highest BCUT2D eigenvalue weighted by Gasteiger charge is 2.23. The number of nitro groups is 1. The summed E-state index contributed by atoms with van der Waals surface area (Å²) in [7, 11) is 1.27. The van der Waals surface area contributed by atoms with Crippen molar-refractivity contribution in [3.63, 3.8) is 0 Å². The monoisotopic (exact) mass is 241 g/mol. The van der Waals surface area contributed by atoms with Gasteiger partial charge in [-0.1, -0.05) is 0 Å². The Labute approximate surface area is 96.1 Å². The Hall–Kier alpha value is -2.45. The molecule has 0 saturated heterocycles. The SMILES string of the molecule is COc1ncnc(NCCC(N)=O)c1[N+](=O)[O-]. The predicted molar refractivity (Wildman–Crippen MR) is 57.5 cm³/mol. The fourth-order valence-corrected chi connectivity index (χ4v) is 1.11. The number of nitrogens with zero attached hydrogens (tertiary/aromatic N) is 3. The summed E-state index contributed by atoms with van der Waals surface area (Å²) in [5.41, 5.74) is 4.56. The van der Waals surface area contributed by atoms with E-state index >= 15 is 0 Å². The number of amides is 1. The largest absolute Gasteiger partial charge is 0.476 e. The van der Waals surface area contributed by atoms with Gasteiger partial charge in [0.2, 0.25) is 11.7 Å². The van der Waals surface area contributed by atoms with Gasteiger partial charge in [0, 0.05) is 13.0 Å². The number of nitrogens with two attached hydrogens (primary N) is 1. The number of primary amides is 1. The first-order chi connectivity index (χ1) is 8.06. The van der Waals surface area contributed by atoms with Crippen molar-refractivity contribution in [3.05, 3.63) is 16.4 Å². The van der Waals surface area contributed by atoms with Crippen molar-refractivity contribution in [2.75, 3.05) is 19.0 Å². The van der Waals surface area contributed by atoms with Crippen LogP contribution < -0.4 is 15.8 Å². The molecule has 9 nitrogen and oxygen atoms in total. The number of aromatic nitrogens is 2. The maximum absolute atomic E-state index is 10.8. The van der Waals surface area contributed by atoms with Crippen LogP contribution in [0.2, 0.25) is 0 Å². The molecule has 0 bridgehead atoms. The molecule has 1 aromatic rings. The predicted octanol–water partition coefficient (Wildman–Crippen LogP) is -0.319. The minimum Gasteiger partial charge on any atom is -0.476 e. The molecule has 92 valence electrons. The summed E-state index contributed by atoms with van der Waals surface area (Å²) in [6.07, 6.45) is 1.17. The minimum absolute atomic E-state index is 0.0110. The van der Waals surface area contributed by atoms with Crippen molar-refractivity contribution >= 4 is 17.4 Å². The highest BCUT2D eigenvalue weighted by atomic mass is 16.6. The van der Waals surface area contributed by atoms with Crippen LogP contribution in [0, 0.1) is 10.1 Å². The van der Waals surface area contributed by atoms with Crippen molar-refractivity contribution in [2.24, 2.45) is 5.73 Å². The molecular weight excluding hydrogens is 230 g/mol. The molecule has 0 unspecified atom stereocenters. The van der Waals surface area contributed by atoms with E-state index in [1.807, 2.05) is 0 Å². The Morgan fingerprint density at radius 2 is 2.35 bits per heavy atom. The molecule has 0 spiro atoms. The molecule has 0 fully saturated rings. The first-order valence-electron chi connectivity index (χ1n) is 4.61. The lowest BCUT2D eigenvalue weighted by Gasteiger charge is -2.06. The molecule has 1 heterocycles. The average Bonchev–Trinajstić information content (AvgIpc) is 2.27. The zero-order valence-electron chi connectivity index (χ0n) is 9.04. The topological polar surface area (TPSA) is 133 Å². The van der Waals surface area contributed by atoms with Crippen molar-refractivity contribution in [2.45, 2.75) is 6.42 Å². The highest BCUT2D eigenvalue weighted by Crippen LogP contribution is 2.30. The smallest absolute Gasteiger partial charge is 0.372 e. The highest BCUT2D eigenvalue weighted by molar-refractivity contribution is 5.74. The summed E-state index contributed by atoms with van der Waals surface area (Å²) in [4.78, 5) is 28.0. The molecule has 0 aliphatic carbocycles. The third kappa shape index (κ3) is 3.26. The number of hydrogen-bond donors (Lipinski definition) is 2. The van der Waals surface area contributed by atoms with E-state index in [0.29, 0.717) is 0 Å². The van der Waals surface area contributed by atoms with Crippen LogP contribution in [0.15, 0.2) is 6.33 Å². The number of anilines is 1. The molecule has 0 aromatic carbocycles. The second kappa shape index (κ2) is 5.58. The van der Waals surface area contributed by atoms with Gasteiger partial charge in [-0.3, -0.25) is 14.9 Å². The van der Waals surface area contributed by atoms with E-state index in [9.17, 15) is 14.9 Å². The number of rotatable bonds is 6. The number of methoxy groups -OCH3 is 1. The van der Waals surface area contributed by atoms with Gasteiger partial charge in [-0.05, 0) is 0 Å². The molecule has 1 rings (SSSR count). The van der Waals surface area contributed by atoms with E-state index in [0.717, 1.165) is 6.33 Å². The second-order valence-corrected chi connectivity index (χ2v) is 2.98. The maximum atomic E-state index is 10.8. The van der Waals surface area contributed by atoms with Crippen LogP contribution in [-0.4, -0.2) is 34.5 Å². The van der Waals surface area contributed by atoms with Crippen LogP contribution in [0.25, 0.3) is 0 Å². The molecule has 1 aromatic heterocycles. The Kier molecular flexibility index (Phi) is 4.14. The summed E-state index contributed by atoms with van der Waals surface area (Å²) in [5.74, 6) is -0.671. The number of nitrogens with one attached hydrogen (secondary N) is 1. The van der Waals surface area contributed by atoms with E-state index in [4.69, 9.17) is 10.5 Å². The van der Waals surface area contributed by atoms with Gasteiger partial charge >= 0.3 is 5.69 Å². The van der Waals surface area contributed by atoms with Gasteiger partial charge in [-0.2, -0.15) is 4.98 Å². The number of carbonyl (C=O) groups excluding carboxylic acids is 1. The normalized spacial score (nSPS) is 9.71. The van der Waals surface area contributed by atoms with Crippen molar-refractivity contribution < 1.29 is 14.5 Å². The summed E-state index contributed by atoms with van der Waals surface area (Å²) < 4.78 is 4.75. The van der Waals surface area contributed by atoms with Crippen molar-refractivity contribution in [1.29, 1.82) is 0 Å². The molecule has 0 radical (unpaired) electrons. The molecule has 0 aliphatic heterocycles. The Morgan fingerprint density at radius 1 is 1.65 bits per heavy atom. The number of hydrogen-bond acceptors (Lipinski definition) is 7. The summed E-state index contributed by atoms with van der Waals surface area (Å²) in [6.45, 7) is 0.149. The van der Waals surface area contributed by atoms with Crippen LogP contribution in [0.4, 0.5) is 11.5 Å². The zero-order chi connectivity index (χ0) is 12.8. The summed E-state index contributed by atoms with van der Waals surface area (Å²) in [6, 6.07) is 0. The van der Waals surface area contributed by atoms with E-state index in [1.54, 1.807) is 0 Å². The molecule has 1 amide bonds. The fourth-order valence-electron chi connectivity index (χ4n) is 1.11. The van der Waals surface area contributed by atoms with Crippen LogP contribution in [0.3, 0.4) is 0 Å². The van der Waals surface area contributed by atoms with E-state index in [2.05, 4.69) is 15.3 Å². The zero-order valence-corrected chi connectivity index (χ0v) is 9.04. The fraction of sp³-hybridized carbons (Fsp3) is 0.375. The summed E-state index contributed by atoms with van der Waals surface area (Å²) >= 11 is 0. The van der Waals surface area contributed by atoms with E-state index in [1.165, 1.54) is 7.11 Å². The standard InChI is InChI=1S/C8H11N5O4/c1-17-8-6(13(15)16)7(11-4-12-8)10-3-2-5(9)14/h4H,2-3H2,1H3,(H2,9,14)(H,10,11,12). The van der Waals surface area contributed by atoms with Crippen molar-refractivity contribution in [1.82, 2.24) is 9.97 Å². The quantitative estimate of drug-likeness (QED) is 0.514. The van der Waals surface area contributed by atoms with Gasteiger partial charge in [0.1, 0.15) is 6.33 Å². The van der Waals surface area contributed by atoms with Gasteiger partial charge in [-0.25, -0.2) is 4.98 Å². The molecule has 0 saturated carbocycles. The Balaban J connectivity index is 2.90. The maximum Gasteiger partial charge on any atom is 0.372 e. The van der Waals surface area contributed by atoms with Crippen LogP contribution in [-0.2, 0) is 4.79 Å². The van der Waals surface area contributed by atoms with Gasteiger partial charge in [-0.15, -0.1) is 0 Å². The number of ether oxygens (including phenoxy) is 1. The Bertz CT molecular complexity index is 436. The molecule has 0 aliphatic rings.